The van der Waals surface area contributed by atoms with Gasteiger partial charge in [0, 0.05) is 38.3 Å². The van der Waals surface area contributed by atoms with Gasteiger partial charge in [0.05, 0.1) is 99.1 Å². The highest BCUT2D eigenvalue weighted by Crippen LogP contribution is 2.07. The Bertz CT molecular complexity index is 676. The molecule has 0 saturated carbocycles. The molecule has 0 atom stereocenters. The molecule has 0 bridgehead atoms. The van der Waals surface area contributed by atoms with E-state index >= 15 is 0 Å². The van der Waals surface area contributed by atoms with E-state index in [0.29, 0.717) is 138 Å². The lowest BCUT2D eigenvalue weighted by Gasteiger charge is -2.13. The highest BCUT2D eigenvalue weighted by atomic mass is 16.6. The first-order chi connectivity index (χ1) is 20.1. The zero-order valence-corrected chi connectivity index (χ0v) is 24.6. The van der Waals surface area contributed by atoms with Crippen molar-refractivity contribution in [3.8, 4) is 0 Å². The van der Waals surface area contributed by atoms with Crippen LogP contribution in [-0.2, 0) is 52.3 Å². The summed E-state index contributed by atoms with van der Waals surface area (Å²) in [5, 5.41) is 2.81. The van der Waals surface area contributed by atoms with Gasteiger partial charge in [-0.15, -0.1) is 0 Å². The lowest BCUT2D eigenvalue weighted by molar-refractivity contribution is -0.137. The van der Waals surface area contributed by atoms with E-state index in [9.17, 15) is 14.4 Å². The largest absolute Gasteiger partial charge is 0.379 e. The first kappa shape index (κ1) is 37.1. The summed E-state index contributed by atoms with van der Waals surface area (Å²) in [5.74, 6) is -0.572. The fraction of sp³-hybridized carbons (Fsp3) is 0.821. The first-order valence-electron chi connectivity index (χ1n) is 14.6. The van der Waals surface area contributed by atoms with Crippen LogP contribution in [0.1, 0.15) is 32.6 Å². The highest BCUT2D eigenvalue weighted by Gasteiger charge is 2.22. The Morgan fingerprint density at radius 2 is 0.976 bits per heavy atom. The fourth-order valence-corrected chi connectivity index (χ4v) is 3.42. The summed E-state index contributed by atoms with van der Waals surface area (Å²) < 4.78 is 43.1. The predicted octanol–water partition coefficient (Wildman–Crippen LogP) is 0.741. The monoisotopic (exact) mass is 590 g/mol. The number of carbonyl (C=O) groups is 3. The maximum atomic E-state index is 11.8. The van der Waals surface area contributed by atoms with Gasteiger partial charge in [-0.3, -0.25) is 19.3 Å². The number of carbonyl (C=O) groups excluding carboxylic acids is 3. The van der Waals surface area contributed by atoms with Gasteiger partial charge in [-0.05, 0) is 19.8 Å². The molecule has 0 aliphatic carbocycles. The van der Waals surface area contributed by atoms with Crippen molar-refractivity contribution < 1.29 is 52.3 Å². The van der Waals surface area contributed by atoms with Crippen molar-refractivity contribution in [3.05, 3.63) is 12.2 Å². The minimum absolute atomic E-state index is 0.0371. The third kappa shape index (κ3) is 23.3. The summed E-state index contributed by atoms with van der Waals surface area (Å²) in [7, 11) is 0. The predicted molar refractivity (Wildman–Crippen MR) is 150 cm³/mol. The fourth-order valence-electron chi connectivity index (χ4n) is 3.42. The molecule has 13 nitrogen and oxygen atoms in total. The second-order valence-corrected chi connectivity index (χ2v) is 8.81. The number of imide groups is 1. The molecule has 0 fully saturated rings. The molecule has 1 aliphatic heterocycles. The Labute approximate surface area is 244 Å². The van der Waals surface area contributed by atoms with E-state index in [1.807, 2.05) is 6.92 Å². The molecule has 1 rings (SSSR count). The highest BCUT2D eigenvalue weighted by molar-refractivity contribution is 6.12. The smallest absolute Gasteiger partial charge is 0.253 e. The van der Waals surface area contributed by atoms with Crippen LogP contribution >= 0.6 is 0 Å². The van der Waals surface area contributed by atoms with Crippen molar-refractivity contribution in [2.45, 2.75) is 32.6 Å². The van der Waals surface area contributed by atoms with Crippen molar-refractivity contribution in [3.63, 3.8) is 0 Å². The summed E-state index contributed by atoms with van der Waals surface area (Å²) in [6.45, 7) is 11.1. The van der Waals surface area contributed by atoms with E-state index in [-0.39, 0.29) is 17.7 Å². The number of nitrogens with one attached hydrogen (secondary N) is 1. The lowest BCUT2D eigenvalue weighted by Crippen LogP contribution is -2.31. The number of rotatable bonds is 31. The second-order valence-electron chi connectivity index (χ2n) is 8.81. The number of ether oxygens (including phenoxy) is 8. The summed E-state index contributed by atoms with van der Waals surface area (Å²) in [5.41, 5.74) is 0. The van der Waals surface area contributed by atoms with Crippen molar-refractivity contribution in [2.24, 2.45) is 0 Å². The van der Waals surface area contributed by atoms with E-state index in [1.165, 1.54) is 17.1 Å². The van der Waals surface area contributed by atoms with Gasteiger partial charge >= 0.3 is 0 Å². The second kappa shape index (κ2) is 28.2. The molecule has 1 aliphatic rings. The standard InChI is InChI=1S/C28H50N2O11/c1-2-34-12-13-36-16-17-38-20-21-40-24-25-41-23-22-39-19-18-37-15-14-35-11-9-29-26(31)6-4-3-5-10-30-27(32)7-8-28(30)33/h7-8H,2-6,9-25H2,1H3,(H,29,31). The third-order valence-electron chi connectivity index (χ3n) is 5.56. The summed E-state index contributed by atoms with van der Waals surface area (Å²) in [4.78, 5) is 36.0. The summed E-state index contributed by atoms with van der Waals surface area (Å²) in [6.07, 6.45) is 5.13. The molecule has 0 aromatic heterocycles. The molecule has 1 heterocycles. The van der Waals surface area contributed by atoms with Gasteiger partial charge in [0.1, 0.15) is 0 Å². The van der Waals surface area contributed by atoms with Gasteiger partial charge in [0.15, 0.2) is 0 Å². The zero-order chi connectivity index (χ0) is 29.6. The van der Waals surface area contributed by atoms with Crippen molar-refractivity contribution in [1.82, 2.24) is 10.2 Å². The van der Waals surface area contributed by atoms with Crippen LogP contribution in [0.4, 0.5) is 0 Å². The van der Waals surface area contributed by atoms with Gasteiger partial charge < -0.3 is 43.2 Å². The van der Waals surface area contributed by atoms with Crippen LogP contribution in [-0.4, -0.2) is 141 Å². The Hall–Kier alpha value is -1.97. The molecule has 0 aromatic carbocycles. The Kier molecular flexibility index (Phi) is 25.5. The van der Waals surface area contributed by atoms with Gasteiger partial charge in [-0.2, -0.15) is 0 Å². The van der Waals surface area contributed by atoms with Crippen LogP contribution in [0.25, 0.3) is 0 Å². The summed E-state index contributed by atoms with van der Waals surface area (Å²) in [6, 6.07) is 0. The van der Waals surface area contributed by atoms with Crippen LogP contribution in [0.15, 0.2) is 12.2 Å². The Morgan fingerprint density at radius 3 is 1.39 bits per heavy atom. The molecule has 0 radical (unpaired) electrons. The quantitative estimate of drug-likeness (QED) is 0.0903. The first-order valence-corrected chi connectivity index (χ1v) is 14.6. The zero-order valence-electron chi connectivity index (χ0n) is 24.6. The average molecular weight is 591 g/mol. The van der Waals surface area contributed by atoms with Crippen LogP contribution in [0, 0.1) is 0 Å². The molecule has 0 saturated heterocycles. The van der Waals surface area contributed by atoms with Gasteiger partial charge in [-0.25, -0.2) is 0 Å². The van der Waals surface area contributed by atoms with Crippen LogP contribution in [0.3, 0.4) is 0 Å². The van der Waals surface area contributed by atoms with Crippen molar-refractivity contribution in [1.29, 1.82) is 0 Å². The molecular weight excluding hydrogens is 540 g/mol. The average Bonchev–Trinajstić information content (AvgIpc) is 3.29. The third-order valence-corrected chi connectivity index (χ3v) is 5.56. The molecule has 0 unspecified atom stereocenters. The molecule has 3 amide bonds. The van der Waals surface area contributed by atoms with Gasteiger partial charge in [0.2, 0.25) is 5.91 Å². The Morgan fingerprint density at radius 1 is 0.585 bits per heavy atom. The number of hydrogen-bond acceptors (Lipinski definition) is 11. The van der Waals surface area contributed by atoms with E-state index in [4.69, 9.17) is 37.9 Å². The molecule has 13 heteroatoms. The minimum atomic E-state index is -0.268. The number of nitrogens with zero attached hydrogens (tertiary/aromatic N) is 1. The molecule has 0 spiro atoms. The number of amides is 3. The maximum Gasteiger partial charge on any atom is 0.253 e. The number of hydrogen-bond donors (Lipinski definition) is 1. The van der Waals surface area contributed by atoms with E-state index in [0.717, 1.165) is 6.42 Å². The SMILES string of the molecule is CCOCCOCCOCCOCCOCCOCCOCCOCCNC(=O)CCCCCN1C(=O)C=CC1=O. The van der Waals surface area contributed by atoms with Gasteiger partial charge in [0.25, 0.3) is 11.8 Å². The molecular formula is C28H50N2O11. The lowest BCUT2D eigenvalue weighted by atomic mass is 10.2. The van der Waals surface area contributed by atoms with E-state index < -0.39 is 0 Å². The van der Waals surface area contributed by atoms with Crippen LogP contribution < -0.4 is 5.32 Å². The molecule has 238 valence electrons. The van der Waals surface area contributed by atoms with E-state index in [2.05, 4.69) is 5.32 Å². The Balaban J connectivity index is 1.68. The van der Waals surface area contributed by atoms with Crippen LogP contribution in [0.5, 0.6) is 0 Å². The number of unbranched alkanes of at least 4 members (excludes halogenated alkanes) is 2. The minimum Gasteiger partial charge on any atom is -0.379 e. The van der Waals surface area contributed by atoms with E-state index in [1.54, 1.807) is 0 Å². The van der Waals surface area contributed by atoms with Crippen LogP contribution in [0.2, 0.25) is 0 Å². The molecule has 41 heavy (non-hydrogen) atoms. The molecule has 1 N–H and O–H groups in total. The topological polar surface area (TPSA) is 140 Å². The van der Waals surface area contributed by atoms with Crippen molar-refractivity contribution in [2.75, 3.05) is 119 Å². The molecule has 0 aromatic rings. The van der Waals surface area contributed by atoms with Crippen molar-refractivity contribution >= 4 is 17.7 Å². The van der Waals surface area contributed by atoms with Gasteiger partial charge in [-0.1, -0.05) is 6.42 Å². The normalized spacial score (nSPS) is 13.0. The maximum absolute atomic E-state index is 11.8. The summed E-state index contributed by atoms with van der Waals surface area (Å²) >= 11 is 0.